The molecule has 0 spiro atoms. The number of ketones is 1. The van der Waals surface area contributed by atoms with E-state index < -0.39 is 5.92 Å². The van der Waals surface area contributed by atoms with Crippen molar-refractivity contribution in [2.75, 3.05) is 7.11 Å². The summed E-state index contributed by atoms with van der Waals surface area (Å²) in [6.07, 6.45) is 5.26. The fraction of sp³-hybridized carbons (Fsp3) is 0.667. The zero-order chi connectivity index (χ0) is 35.1. The molecule has 0 unspecified atom stereocenters. The third kappa shape index (κ3) is 7.01. The van der Waals surface area contributed by atoms with Gasteiger partial charge in [0.05, 0.1) is 19.3 Å². The number of benzene rings is 2. The number of esters is 1. The van der Waals surface area contributed by atoms with Crippen molar-refractivity contribution >= 4 is 11.8 Å². The number of ether oxygens (including phenoxy) is 4. The number of carbonyl (C=O) groups excluding carboxylic acids is 2. The molecule has 3 aliphatic carbocycles. The summed E-state index contributed by atoms with van der Waals surface area (Å²) in [6, 6.07) is 10.6. The van der Waals surface area contributed by atoms with Gasteiger partial charge in [0.2, 0.25) is 0 Å². The van der Waals surface area contributed by atoms with Gasteiger partial charge >= 0.3 is 5.97 Å². The van der Waals surface area contributed by atoms with E-state index in [9.17, 15) is 9.59 Å². The van der Waals surface area contributed by atoms with Crippen molar-refractivity contribution in [3.63, 3.8) is 0 Å². The van der Waals surface area contributed by atoms with E-state index in [-0.39, 0.29) is 52.7 Å². The van der Waals surface area contributed by atoms with E-state index in [4.69, 9.17) is 18.9 Å². The lowest BCUT2D eigenvalue weighted by atomic mass is 9.54. The first kappa shape index (κ1) is 36.3. The van der Waals surface area contributed by atoms with Gasteiger partial charge in [-0.25, -0.2) is 0 Å². The number of carbonyl (C=O) groups is 2. The molecule has 3 aliphatic rings. The van der Waals surface area contributed by atoms with Crippen molar-refractivity contribution in [3.05, 3.63) is 52.6 Å². The Morgan fingerprint density at radius 2 is 1.56 bits per heavy atom. The zero-order valence-corrected chi connectivity index (χ0v) is 31.4. The summed E-state index contributed by atoms with van der Waals surface area (Å²) in [7, 11) is 1.76. The van der Waals surface area contributed by atoms with Crippen molar-refractivity contribution in [2.45, 2.75) is 149 Å². The van der Waals surface area contributed by atoms with Crippen molar-refractivity contribution in [3.8, 4) is 17.2 Å². The Bertz CT molecular complexity index is 1460. The van der Waals surface area contributed by atoms with Crippen LogP contribution in [0.25, 0.3) is 0 Å². The third-order valence-corrected chi connectivity index (χ3v) is 11.8. The largest absolute Gasteiger partial charge is 0.496 e. The normalized spacial score (nSPS) is 27.5. The van der Waals surface area contributed by atoms with E-state index in [0.717, 1.165) is 61.3 Å². The van der Waals surface area contributed by atoms with Crippen LogP contribution in [-0.2, 0) is 31.6 Å². The second kappa shape index (κ2) is 14.1. The molecule has 6 nitrogen and oxygen atoms in total. The van der Waals surface area contributed by atoms with E-state index >= 15 is 0 Å². The van der Waals surface area contributed by atoms with E-state index in [0.29, 0.717) is 18.3 Å². The smallest absolute Gasteiger partial charge is 0.317 e. The molecule has 2 saturated carbocycles. The molecule has 6 heteroatoms. The molecule has 0 heterocycles. The topological polar surface area (TPSA) is 71.1 Å². The quantitative estimate of drug-likeness (QED) is 0.187. The molecule has 0 N–H and O–H groups in total. The summed E-state index contributed by atoms with van der Waals surface area (Å²) in [6.45, 7) is 21.5. The maximum absolute atomic E-state index is 14.4. The molecule has 48 heavy (non-hydrogen) atoms. The highest BCUT2D eigenvalue weighted by Gasteiger charge is 2.54. The predicted molar refractivity (Wildman–Crippen MR) is 191 cm³/mol. The SMILES string of the molecule is COc1c(C(C)C)ccc2c1CC[C@@H]1[C@@H](C(=O)O[C@@H]3C[C@H](C)CC[C@H]3C(C)(C)c3cc(OC(C)C)cc(OC(C)C)c3)C(=O)CC[C@@]21C. The molecule has 2 aromatic rings. The molecule has 0 aromatic heterocycles. The lowest BCUT2D eigenvalue weighted by Crippen LogP contribution is -2.52. The maximum Gasteiger partial charge on any atom is 0.317 e. The minimum absolute atomic E-state index is 0.0308. The predicted octanol–water partition coefficient (Wildman–Crippen LogP) is 9.52. The molecule has 264 valence electrons. The maximum atomic E-state index is 14.4. The van der Waals surface area contributed by atoms with Crippen LogP contribution in [0.1, 0.15) is 136 Å². The molecule has 5 rings (SSSR count). The highest BCUT2D eigenvalue weighted by Crippen LogP contribution is 2.54. The number of hydrogen-bond donors (Lipinski definition) is 0. The number of Topliss-reactive ketones (excluding diaryl/α,β-unsaturated/α-hetero) is 1. The number of fused-ring (bicyclic) bond motifs is 3. The molecule has 2 fully saturated rings. The first-order chi connectivity index (χ1) is 22.6. The lowest BCUT2D eigenvalue weighted by molar-refractivity contribution is -0.169. The van der Waals surface area contributed by atoms with Crippen LogP contribution in [-0.4, -0.2) is 37.2 Å². The van der Waals surface area contributed by atoms with Crippen LogP contribution in [0.15, 0.2) is 30.3 Å². The summed E-state index contributed by atoms with van der Waals surface area (Å²) in [5.74, 6) is 2.26. The fourth-order valence-corrected chi connectivity index (χ4v) is 9.20. The van der Waals surface area contributed by atoms with Crippen LogP contribution in [0.3, 0.4) is 0 Å². The molecule has 0 aliphatic heterocycles. The minimum atomic E-state index is -0.748. The number of hydrogen-bond acceptors (Lipinski definition) is 6. The van der Waals surface area contributed by atoms with E-state index in [1.54, 1.807) is 7.11 Å². The van der Waals surface area contributed by atoms with E-state index in [1.807, 2.05) is 33.8 Å². The molecule has 2 aromatic carbocycles. The van der Waals surface area contributed by atoms with Crippen LogP contribution in [0.4, 0.5) is 0 Å². The van der Waals surface area contributed by atoms with Gasteiger partial charge in [-0.15, -0.1) is 0 Å². The molecule has 0 radical (unpaired) electrons. The Morgan fingerprint density at radius 1 is 0.917 bits per heavy atom. The molecular formula is C42H60O6. The molecule has 0 saturated heterocycles. The first-order valence-corrected chi connectivity index (χ1v) is 18.5. The van der Waals surface area contributed by atoms with Gasteiger partial charge in [-0.05, 0) is 123 Å². The van der Waals surface area contributed by atoms with Crippen molar-refractivity contribution < 1.29 is 28.5 Å². The second-order valence-electron chi connectivity index (χ2n) is 16.6. The Balaban J connectivity index is 1.45. The summed E-state index contributed by atoms with van der Waals surface area (Å²) in [5, 5.41) is 0. The fourth-order valence-electron chi connectivity index (χ4n) is 9.20. The molecular weight excluding hydrogens is 600 g/mol. The van der Waals surface area contributed by atoms with Gasteiger partial charge in [0, 0.05) is 18.4 Å². The Labute approximate surface area is 289 Å². The molecule has 0 bridgehead atoms. The average molecular weight is 661 g/mol. The van der Waals surface area contributed by atoms with Crippen LogP contribution < -0.4 is 14.2 Å². The van der Waals surface area contributed by atoms with Crippen LogP contribution in [0.5, 0.6) is 17.2 Å². The van der Waals surface area contributed by atoms with Crippen molar-refractivity contribution in [1.29, 1.82) is 0 Å². The Kier molecular flexibility index (Phi) is 10.6. The zero-order valence-electron chi connectivity index (χ0n) is 31.4. The summed E-state index contributed by atoms with van der Waals surface area (Å²) >= 11 is 0. The van der Waals surface area contributed by atoms with Gasteiger partial charge in [0.1, 0.15) is 35.1 Å². The lowest BCUT2D eigenvalue weighted by Gasteiger charge is -2.50. The third-order valence-electron chi connectivity index (χ3n) is 11.8. The first-order valence-electron chi connectivity index (χ1n) is 18.5. The van der Waals surface area contributed by atoms with Gasteiger partial charge in [-0.2, -0.15) is 0 Å². The summed E-state index contributed by atoms with van der Waals surface area (Å²) < 4.78 is 24.9. The molecule has 0 amide bonds. The van der Waals surface area contributed by atoms with Gasteiger partial charge < -0.3 is 18.9 Å². The van der Waals surface area contributed by atoms with Crippen LogP contribution in [0.2, 0.25) is 0 Å². The molecule has 6 atom stereocenters. The standard InChI is InChI=1S/C42H60O6/c1-24(2)31-13-16-33-32(39(31)45-11)14-17-35-38(36(43)18-19-42(33,35)10)40(44)48-37-20-27(7)12-15-34(37)41(8,9)28-21-29(46-25(3)4)23-30(22-28)47-26(5)6/h13,16,21-27,34-35,37-38H,12,14-15,17-20H2,1-11H3/t27-,34-,35-,37-,38-,42+/m1/s1. The van der Waals surface area contributed by atoms with Gasteiger partial charge in [-0.3, -0.25) is 9.59 Å². The monoisotopic (exact) mass is 660 g/mol. The van der Waals surface area contributed by atoms with Gasteiger partial charge in [-0.1, -0.05) is 60.1 Å². The van der Waals surface area contributed by atoms with E-state index in [2.05, 4.69) is 65.8 Å². The Hall–Kier alpha value is -3.02. The second-order valence-corrected chi connectivity index (χ2v) is 16.6. The van der Waals surface area contributed by atoms with Crippen LogP contribution >= 0.6 is 0 Å². The highest BCUT2D eigenvalue weighted by molar-refractivity contribution is 6.00. The van der Waals surface area contributed by atoms with Crippen LogP contribution in [0, 0.1) is 23.7 Å². The average Bonchev–Trinajstić information content (AvgIpc) is 2.99. The van der Waals surface area contributed by atoms with E-state index in [1.165, 1.54) is 16.7 Å². The summed E-state index contributed by atoms with van der Waals surface area (Å²) in [5.41, 5.74) is 4.17. The van der Waals surface area contributed by atoms with Crippen molar-refractivity contribution in [2.24, 2.45) is 23.7 Å². The number of rotatable bonds is 10. The van der Waals surface area contributed by atoms with Gasteiger partial charge in [0.15, 0.2) is 0 Å². The summed E-state index contributed by atoms with van der Waals surface area (Å²) in [4.78, 5) is 28.1. The Morgan fingerprint density at radius 3 is 2.15 bits per heavy atom. The number of methoxy groups -OCH3 is 1. The van der Waals surface area contributed by atoms with Gasteiger partial charge in [0.25, 0.3) is 0 Å². The minimum Gasteiger partial charge on any atom is -0.496 e. The highest BCUT2D eigenvalue weighted by atomic mass is 16.5. The van der Waals surface area contributed by atoms with Crippen molar-refractivity contribution in [1.82, 2.24) is 0 Å².